The largest absolute Gasteiger partial charge is 0.484 e. The van der Waals surface area contributed by atoms with Gasteiger partial charge in [-0.15, -0.1) is 0 Å². The van der Waals surface area contributed by atoms with Crippen LogP contribution in [-0.4, -0.2) is 24.8 Å². The van der Waals surface area contributed by atoms with Crippen LogP contribution in [0, 0.1) is 0 Å². The number of ether oxygens (including phenoxy) is 1. The Morgan fingerprint density at radius 2 is 1.70 bits per heavy atom. The maximum Gasteiger partial charge on any atom is 0.257 e. The number of rotatable bonds is 7. The van der Waals surface area contributed by atoms with E-state index in [1.807, 2.05) is 24.3 Å². The first-order valence-corrected chi connectivity index (χ1v) is 7.67. The van der Waals surface area contributed by atoms with E-state index in [1.54, 1.807) is 24.3 Å². The van der Waals surface area contributed by atoms with Crippen molar-refractivity contribution in [3.05, 3.63) is 64.7 Å². The number of Topliss-reactive ketones (excluding diaryl/α,β-unsaturated/α-hetero) is 1. The van der Waals surface area contributed by atoms with E-state index in [9.17, 15) is 9.59 Å². The van der Waals surface area contributed by atoms with E-state index in [1.165, 1.54) is 6.92 Å². The molecule has 1 N–H and O–H groups in total. The first kappa shape index (κ1) is 17.0. The fraction of sp³-hybridized carbons (Fsp3) is 0.222. The molecule has 0 aliphatic rings. The summed E-state index contributed by atoms with van der Waals surface area (Å²) in [7, 11) is 0. The fourth-order valence-corrected chi connectivity index (χ4v) is 2.11. The number of hydrogen-bond donors (Lipinski definition) is 1. The Bertz CT molecular complexity index is 666. The van der Waals surface area contributed by atoms with Crippen LogP contribution < -0.4 is 10.1 Å². The molecule has 0 aliphatic carbocycles. The lowest BCUT2D eigenvalue weighted by atomic mass is 10.1. The van der Waals surface area contributed by atoms with Gasteiger partial charge in [0.05, 0.1) is 0 Å². The normalized spacial score (nSPS) is 10.2. The Morgan fingerprint density at radius 1 is 1.04 bits per heavy atom. The predicted octanol–water partition coefficient (Wildman–Crippen LogP) is 3.28. The van der Waals surface area contributed by atoms with E-state index in [0.29, 0.717) is 22.9 Å². The van der Waals surface area contributed by atoms with Gasteiger partial charge < -0.3 is 10.1 Å². The second-order valence-electron chi connectivity index (χ2n) is 5.10. The summed E-state index contributed by atoms with van der Waals surface area (Å²) in [5.74, 6) is 0.369. The molecule has 0 saturated heterocycles. The van der Waals surface area contributed by atoms with Crippen LogP contribution in [0.2, 0.25) is 5.02 Å². The molecule has 0 radical (unpaired) electrons. The molecule has 0 spiro atoms. The van der Waals surface area contributed by atoms with E-state index >= 15 is 0 Å². The van der Waals surface area contributed by atoms with E-state index in [0.717, 1.165) is 12.0 Å². The maximum atomic E-state index is 11.7. The lowest BCUT2D eigenvalue weighted by molar-refractivity contribution is -0.123. The van der Waals surface area contributed by atoms with Gasteiger partial charge in [-0.1, -0.05) is 23.7 Å². The van der Waals surface area contributed by atoms with Crippen LogP contribution in [0.5, 0.6) is 5.75 Å². The van der Waals surface area contributed by atoms with Gasteiger partial charge >= 0.3 is 0 Å². The lowest BCUT2D eigenvalue weighted by Crippen LogP contribution is -2.30. The molecule has 0 aliphatic heterocycles. The highest BCUT2D eigenvalue weighted by Gasteiger charge is 2.04. The zero-order valence-electron chi connectivity index (χ0n) is 12.8. The first-order chi connectivity index (χ1) is 11.0. The summed E-state index contributed by atoms with van der Waals surface area (Å²) in [6.45, 7) is 1.98. The van der Waals surface area contributed by atoms with Crippen molar-refractivity contribution in [2.75, 3.05) is 13.2 Å². The van der Waals surface area contributed by atoms with Gasteiger partial charge in [0, 0.05) is 17.1 Å². The van der Waals surface area contributed by atoms with Crippen LogP contribution in [-0.2, 0) is 11.2 Å². The molecule has 1 amide bonds. The molecular formula is C18H18ClNO3. The monoisotopic (exact) mass is 331 g/mol. The van der Waals surface area contributed by atoms with E-state index in [2.05, 4.69) is 5.32 Å². The summed E-state index contributed by atoms with van der Waals surface area (Å²) in [6, 6.07) is 14.2. The van der Waals surface area contributed by atoms with Crippen molar-refractivity contribution in [2.24, 2.45) is 0 Å². The minimum atomic E-state index is -0.186. The lowest BCUT2D eigenvalue weighted by Gasteiger charge is -2.08. The summed E-state index contributed by atoms with van der Waals surface area (Å²) in [6.07, 6.45) is 0.732. The average Bonchev–Trinajstić information content (AvgIpc) is 2.55. The van der Waals surface area contributed by atoms with E-state index < -0.39 is 0 Å². The third kappa shape index (κ3) is 5.75. The average molecular weight is 332 g/mol. The number of ketones is 1. The minimum Gasteiger partial charge on any atom is -0.484 e. The zero-order chi connectivity index (χ0) is 16.7. The highest BCUT2D eigenvalue weighted by atomic mass is 35.5. The molecule has 0 aromatic heterocycles. The van der Waals surface area contributed by atoms with E-state index in [-0.39, 0.29) is 18.3 Å². The summed E-state index contributed by atoms with van der Waals surface area (Å²) in [5.41, 5.74) is 1.72. The molecule has 2 rings (SSSR count). The van der Waals surface area contributed by atoms with Crippen molar-refractivity contribution >= 4 is 23.3 Å². The highest BCUT2D eigenvalue weighted by molar-refractivity contribution is 6.30. The molecule has 2 aromatic carbocycles. The van der Waals surface area contributed by atoms with Crippen molar-refractivity contribution in [3.8, 4) is 5.75 Å². The maximum absolute atomic E-state index is 11.7. The van der Waals surface area contributed by atoms with Crippen LogP contribution in [0.3, 0.4) is 0 Å². The fourth-order valence-electron chi connectivity index (χ4n) is 1.98. The molecule has 120 valence electrons. The standard InChI is InChI=1S/C18H18ClNO3/c1-13(21)15-4-8-17(9-5-15)23-12-18(22)20-11-10-14-2-6-16(19)7-3-14/h2-9H,10-12H2,1H3,(H,20,22). The molecular weight excluding hydrogens is 314 g/mol. The van der Waals surface area contributed by atoms with Gasteiger partial charge in [0.25, 0.3) is 5.91 Å². The van der Waals surface area contributed by atoms with Crippen LogP contribution in [0.4, 0.5) is 0 Å². The third-order valence-electron chi connectivity index (χ3n) is 3.28. The number of carbonyl (C=O) groups excluding carboxylic acids is 2. The predicted molar refractivity (Wildman–Crippen MR) is 90.1 cm³/mol. The van der Waals surface area contributed by atoms with Crippen molar-refractivity contribution in [1.82, 2.24) is 5.32 Å². The van der Waals surface area contributed by atoms with Crippen molar-refractivity contribution in [2.45, 2.75) is 13.3 Å². The number of carbonyl (C=O) groups is 2. The Morgan fingerprint density at radius 3 is 2.30 bits per heavy atom. The zero-order valence-corrected chi connectivity index (χ0v) is 13.6. The molecule has 0 heterocycles. The number of benzene rings is 2. The highest BCUT2D eigenvalue weighted by Crippen LogP contribution is 2.12. The number of halogens is 1. The molecule has 0 atom stereocenters. The third-order valence-corrected chi connectivity index (χ3v) is 3.53. The van der Waals surface area contributed by atoms with Gasteiger partial charge in [0.2, 0.25) is 0 Å². The molecule has 0 bridgehead atoms. The molecule has 23 heavy (non-hydrogen) atoms. The van der Waals surface area contributed by atoms with Crippen LogP contribution in [0.15, 0.2) is 48.5 Å². The SMILES string of the molecule is CC(=O)c1ccc(OCC(=O)NCCc2ccc(Cl)cc2)cc1. The van der Waals surface area contributed by atoms with Gasteiger partial charge in [0.1, 0.15) is 5.75 Å². The summed E-state index contributed by atoms with van der Waals surface area (Å²) in [4.78, 5) is 22.9. The van der Waals surface area contributed by atoms with Gasteiger partial charge in [-0.05, 0) is 55.3 Å². The molecule has 5 heteroatoms. The summed E-state index contributed by atoms with van der Waals surface area (Å²) in [5, 5.41) is 3.49. The van der Waals surface area contributed by atoms with Crippen molar-refractivity contribution in [3.63, 3.8) is 0 Å². The van der Waals surface area contributed by atoms with Crippen LogP contribution >= 0.6 is 11.6 Å². The first-order valence-electron chi connectivity index (χ1n) is 7.29. The summed E-state index contributed by atoms with van der Waals surface area (Å²) >= 11 is 5.82. The smallest absolute Gasteiger partial charge is 0.257 e. The van der Waals surface area contributed by atoms with E-state index in [4.69, 9.17) is 16.3 Å². The van der Waals surface area contributed by atoms with Gasteiger partial charge in [0.15, 0.2) is 12.4 Å². The van der Waals surface area contributed by atoms with Gasteiger partial charge in [-0.3, -0.25) is 9.59 Å². The topological polar surface area (TPSA) is 55.4 Å². The quantitative estimate of drug-likeness (QED) is 0.792. The number of nitrogens with one attached hydrogen (secondary N) is 1. The molecule has 4 nitrogen and oxygen atoms in total. The second kappa shape index (κ2) is 8.34. The van der Waals surface area contributed by atoms with Gasteiger partial charge in [-0.25, -0.2) is 0 Å². The van der Waals surface area contributed by atoms with Crippen molar-refractivity contribution in [1.29, 1.82) is 0 Å². The molecule has 2 aromatic rings. The molecule has 0 fully saturated rings. The van der Waals surface area contributed by atoms with Crippen LogP contribution in [0.1, 0.15) is 22.8 Å². The van der Waals surface area contributed by atoms with Crippen LogP contribution in [0.25, 0.3) is 0 Å². The number of hydrogen-bond acceptors (Lipinski definition) is 3. The minimum absolute atomic E-state index is 0.00325. The Hall–Kier alpha value is -2.33. The Balaban J connectivity index is 1.70. The Labute approximate surface area is 140 Å². The number of amides is 1. The Kier molecular flexibility index (Phi) is 6.18. The summed E-state index contributed by atoms with van der Waals surface area (Å²) < 4.78 is 5.38. The van der Waals surface area contributed by atoms with Gasteiger partial charge in [-0.2, -0.15) is 0 Å². The second-order valence-corrected chi connectivity index (χ2v) is 5.53. The molecule has 0 saturated carbocycles. The van der Waals surface area contributed by atoms with Crippen molar-refractivity contribution < 1.29 is 14.3 Å². The molecule has 0 unspecified atom stereocenters.